The summed E-state index contributed by atoms with van der Waals surface area (Å²) in [5.41, 5.74) is -0.386. The number of halogens is 1. The lowest BCUT2D eigenvalue weighted by atomic mass is 10.2. The van der Waals surface area contributed by atoms with Crippen molar-refractivity contribution in [1.29, 1.82) is 0 Å². The predicted molar refractivity (Wildman–Crippen MR) is 56.4 cm³/mol. The first kappa shape index (κ1) is 11.6. The number of H-pyrrole nitrogens is 1. The van der Waals surface area contributed by atoms with Gasteiger partial charge in [0.05, 0.1) is 5.56 Å². The van der Waals surface area contributed by atoms with E-state index in [2.05, 4.69) is 10.3 Å². The van der Waals surface area contributed by atoms with Gasteiger partial charge in [-0.25, -0.2) is 0 Å². The minimum absolute atomic E-state index is 0.130. The fourth-order valence-corrected chi connectivity index (χ4v) is 1.16. The molecule has 1 aromatic heterocycles. The molecule has 0 saturated heterocycles. The van der Waals surface area contributed by atoms with E-state index < -0.39 is 11.5 Å². The van der Waals surface area contributed by atoms with Gasteiger partial charge in [0.1, 0.15) is 0 Å². The summed E-state index contributed by atoms with van der Waals surface area (Å²) in [5, 5.41) is 11.6. The number of carbonyl (C=O) groups is 1. The topological polar surface area (TPSA) is 82.2 Å². The van der Waals surface area contributed by atoms with E-state index in [1.165, 1.54) is 6.07 Å². The van der Waals surface area contributed by atoms with Crippen LogP contribution in [0.1, 0.15) is 16.8 Å². The maximum absolute atomic E-state index is 11.4. The molecule has 1 rings (SSSR count). The van der Waals surface area contributed by atoms with E-state index in [1.54, 1.807) is 0 Å². The number of alkyl halides is 1. The molecule has 6 heteroatoms. The van der Waals surface area contributed by atoms with Crippen LogP contribution < -0.4 is 10.9 Å². The summed E-state index contributed by atoms with van der Waals surface area (Å²) < 4.78 is 0. The Morgan fingerprint density at radius 3 is 2.87 bits per heavy atom. The molecule has 1 amide bonds. The smallest absolute Gasteiger partial charge is 0.251 e. The van der Waals surface area contributed by atoms with E-state index in [0.717, 1.165) is 6.07 Å². The Labute approximate surface area is 91.1 Å². The summed E-state index contributed by atoms with van der Waals surface area (Å²) in [6, 6.07) is 2.31. The quantitative estimate of drug-likeness (QED) is 0.519. The van der Waals surface area contributed by atoms with Crippen molar-refractivity contribution in [3.05, 3.63) is 28.0 Å². The third-order valence-electron chi connectivity index (χ3n) is 1.69. The lowest BCUT2D eigenvalue weighted by Crippen LogP contribution is -2.25. The first-order chi connectivity index (χ1) is 7.13. The highest BCUT2D eigenvalue weighted by Crippen LogP contribution is 2.03. The van der Waals surface area contributed by atoms with Crippen LogP contribution in [0.4, 0.5) is 0 Å². The standard InChI is InChI=1S/C9H11ClN2O3/c10-2-1-3-11-9(15)6-4-7(13)12-8(14)5-6/h4-5H,1-3H2,(H,11,15)(H2,12,13,14). The zero-order valence-electron chi connectivity index (χ0n) is 7.92. The minimum atomic E-state index is -0.516. The highest BCUT2D eigenvalue weighted by Gasteiger charge is 2.06. The molecule has 0 aliphatic rings. The van der Waals surface area contributed by atoms with Gasteiger partial charge in [-0.2, -0.15) is 0 Å². The van der Waals surface area contributed by atoms with Crippen molar-refractivity contribution in [2.24, 2.45) is 0 Å². The molecular formula is C9H11ClN2O3. The summed E-state index contributed by atoms with van der Waals surface area (Å²) in [5.74, 6) is -0.271. The van der Waals surface area contributed by atoms with E-state index in [0.29, 0.717) is 18.8 Å². The molecule has 0 atom stereocenters. The third-order valence-corrected chi connectivity index (χ3v) is 1.96. The second-order valence-corrected chi connectivity index (χ2v) is 3.29. The molecule has 0 fully saturated rings. The van der Waals surface area contributed by atoms with Crippen molar-refractivity contribution >= 4 is 17.5 Å². The van der Waals surface area contributed by atoms with Crippen LogP contribution in [0.15, 0.2) is 16.9 Å². The highest BCUT2D eigenvalue weighted by molar-refractivity contribution is 6.17. The average Bonchev–Trinajstić information content (AvgIpc) is 2.16. The zero-order chi connectivity index (χ0) is 11.3. The molecule has 0 aromatic carbocycles. The normalized spacial score (nSPS) is 9.93. The van der Waals surface area contributed by atoms with E-state index in [9.17, 15) is 9.59 Å². The number of nitrogens with one attached hydrogen (secondary N) is 2. The van der Waals surface area contributed by atoms with E-state index >= 15 is 0 Å². The van der Waals surface area contributed by atoms with Gasteiger partial charge in [-0.15, -0.1) is 11.6 Å². The Morgan fingerprint density at radius 1 is 1.53 bits per heavy atom. The molecule has 15 heavy (non-hydrogen) atoms. The van der Waals surface area contributed by atoms with Crippen LogP contribution >= 0.6 is 11.6 Å². The first-order valence-corrected chi connectivity index (χ1v) is 4.94. The van der Waals surface area contributed by atoms with E-state index in [-0.39, 0.29) is 11.4 Å². The van der Waals surface area contributed by atoms with Crippen molar-refractivity contribution in [3.8, 4) is 5.88 Å². The van der Waals surface area contributed by atoms with E-state index in [1.807, 2.05) is 0 Å². The van der Waals surface area contributed by atoms with Crippen LogP contribution in [0.3, 0.4) is 0 Å². The monoisotopic (exact) mass is 230 g/mol. The highest BCUT2D eigenvalue weighted by atomic mass is 35.5. The van der Waals surface area contributed by atoms with Gasteiger partial charge in [-0.3, -0.25) is 14.6 Å². The molecule has 0 aliphatic heterocycles. The second kappa shape index (κ2) is 5.41. The summed E-state index contributed by atoms with van der Waals surface area (Å²) in [7, 11) is 0. The summed E-state index contributed by atoms with van der Waals surface area (Å²) in [4.78, 5) is 24.5. The fourth-order valence-electron chi connectivity index (χ4n) is 1.03. The number of pyridine rings is 1. The Balaban J connectivity index is 2.69. The number of hydrogen-bond acceptors (Lipinski definition) is 3. The summed E-state index contributed by atoms with van der Waals surface area (Å²) in [6.45, 7) is 0.440. The number of hydrogen-bond donors (Lipinski definition) is 3. The van der Waals surface area contributed by atoms with Gasteiger partial charge in [0.15, 0.2) is 5.88 Å². The lowest BCUT2D eigenvalue weighted by Gasteiger charge is -2.03. The van der Waals surface area contributed by atoms with Crippen LogP contribution in [-0.2, 0) is 0 Å². The van der Waals surface area contributed by atoms with Gasteiger partial charge in [-0.05, 0) is 6.42 Å². The Hall–Kier alpha value is -1.49. The van der Waals surface area contributed by atoms with Gasteiger partial charge in [0.25, 0.3) is 11.5 Å². The predicted octanol–water partition coefficient (Wildman–Crippen LogP) is 0.439. The Bertz CT molecular complexity index is 403. The van der Waals surface area contributed by atoms with Crippen molar-refractivity contribution in [2.75, 3.05) is 12.4 Å². The molecule has 0 bridgehead atoms. The number of aromatic nitrogens is 1. The average molecular weight is 231 g/mol. The van der Waals surface area contributed by atoms with Crippen molar-refractivity contribution in [3.63, 3.8) is 0 Å². The molecule has 1 heterocycles. The van der Waals surface area contributed by atoms with E-state index in [4.69, 9.17) is 16.7 Å². The fraction of sp³-hybridized carbons (Fsp3) is 0.333. The molecule has 0 saturated carbocycles. The number of amides is 1. The Kier molecular flexibility index (Phi) is 4.17. The Morgan fingerprint density at radius 2 is 2.27 bits per heavy atom. The maximum atomic E-state index is 11.4. The molecule has 0 radical (unpaired) electrons. The van der Waals surface area contributed by atoms with Gasteiger partial charge in [-0.1, -0.05) is 0 Å². The van der Waals surface area contributed by atoms with Crippen LogP contribution in [0, 0.1) is 0 Å². The molecule has 1 aromatic rings. The molecule has 5 nitrogen and oxygen atoms in total. The number of aromatic hydroxyl groups is 1. The van der Waals surface area contributed by atoms with Crippen molar-refractivity contribution in [1.82, 2.24) is 10.3 Å². The molecule has 0 unspecified atom stereocenters. The van der Waals surface area contributed by atoms with Gasteiger partial charge >= 0.3 is 0 Å². The summed E-state index contributed by atoms with van der Waals surface area (Å²) >= 11 is 5.44. The molecular weight excluding hydrogens is 220 g/mol. The SMILES string of the molecule is O=C(NCCCCl)c1cc(O)[nH]c(=O)c1. The van der Waals surface area contributed by atoms with Crippen LogP contribution in [-0.4, -0.2) is 28.4 Å². The second-order valence-electron chi connectivity index (χ2n) is 2.92. The lowest BCUT2D eigenvalue weighted by molar-refractivity contribution is 0.0953. The van der Waals surface area contributed by atoms with Crippen LogP contribution in [0.2, 0.25) is 0 Å². The molecule has 0 spiro atoms. The zero-order valence-corrected chi connectivity index (χ0v) is 8.67. The number of aromatic amines is 1. The van der Waals surface area contributed by atoms with Crippen molar-refractivity contribution in [2.45, 2.75) is 6.42 Å². The minimum Gasteiger partial charge on any atom is -0.494 e. The van der Waals surface area contributed by atoms with Crippen molar-refractivity contribution < 1.29 is 9.90 Å². The maximum Gasteiger partial charge on any atom is 0.251 e. The van der Waals surface area contributed by atoms with Gasteiger partial charge in [0.2, 0.25) is 0 Å². The van der Waals surface area contributed by atoms with Gasteiger partial charge in [0, 0.05) is 24.6 Å². The molecule has 0 aliphatic carbocycles. The molecule has 82 valence electrons. The summed E-state index contributed by atoms with van der Waals surface area (Å²) in [6.07, 6.45) is 0.655. The number of carbonyl (C=O) groups excluding carboxylic acids is 1. The van der Waals surface area contributed by atoms with Gasteiger partial charge < -0.3 is 10.4 Å². The molecule has 3 N–H and O–H groups in total. The number of rotatable bonds is 4. The van der Waals surface area contributed by atoms with Crippen LogP contribution in [0.25, 0.3) is 0 Å². The van der Waals surface area contributed by atoms with Crippen LogP contribution in [0.5, 0.6) is 5.88 Å². The third kappa shape index (κ3) is 3.63. The largest absolute Gasteiger partial charge is 0.494 e. The first-order valence-electron chi connectivity index (χ1n) is 4.41.